The van der Waals surface area contributed by atoms with E-state index < -0.39 is 0 Å². The minimum Gasteiger partial charge on any atom is -0.399 e. The molecule has 4 heteroatoms. The van der Waals surface area contributed by atoms with E-state index in [2.05, 4.69) is 5.32 Å². The Morgan fingerprint density at radius 1 is 1.35 bits per heavy atom. The van der Waals surface area contributed by atoms with Crippen LogP contribution in [-0.2, 0) is 4.79 Å². The number of carbonyl (C=O) groups excluding carboxylic acids is 1. The average Bonchev–Trinajstić information content (AvgIpc) is 2.32. The predicted octanol–water partition coefficient (Wildman–Crippen LogP) is 1.86. The van der Waals surface area contributed by atoms with Gasteiger partial charge in [0.05, 0.1) is 6.54 Å². The van der Waals surface area contributed by atoms with Gasteiger partial charge in [-0.3, -0.25) is 4.79 Å². The van der Waals surface area contributed by atoms with Crippen LogP contribution in [0.15, 0.2) is 18.2 Å². The molecule has 1 aromatic carbocycles. The Morgan fingerprint density at radius 3 is 2.53 bits per heavy atom. The second kappa shape index (κ2) is 6.13. The van der Waals surface area contributed by atoms with E-state index in [1.54, 1.807) is 4.90 Å². The molecule has 4 nitrogen and oxygen atoms in total. The second-order valence-corrected chi connectivity index (χ2v) is 3.99. The lowest BCUT2D eigenvalue weighted by molar-refractivity contribution is -0.128. The zero-order chi connectivity index (χ0) is 12.8. The molecule has 0 radical (unpaired) electrons. The molecule has 0 aliphatic heterocycles. The summed E-state index contributed by atoms with van der Waals surface area (Å²) in [5.74, 6) is 0.115. The normalized spacial score (nSPS) is 10.1. The summed E-state index contributed by atoms with van der Waals surface area (Å²) in [6.07, 6.45) is 0. The molecule has 94 valence electrons. The Labute approximate surface area is 103 Å². The summed E-state index contributed by atoms with van der Waals surface area (Å²) in [5.41, 5.74) is 8.45. The lowest BCUT2D eigenvalue weighted by atomic mass is 10.2. The van der Waals surface area contributed by atoms with Crippen molar-refractivity contribution in [2.24, 2.45) is 0 Å². The Kier molecular flexibility index (Phi) is 4.82. The summed E-state index contributed by atoms with van der Waals surface area (Å²) < 4.78 is 0. The molecule has 0 aromatic heterocycles. The van der Waals surface area contributed by atoms with Gasteiger partial charge >= 0.3 is 0 Å². The number of hydrogen-bond acceptors (Lipinski definition) is 3. The van der Waals surface area contributed by atoms with E-state index in [1.807, 2.05) is 39.0 Å². The fourth-order valence-electron chi connectivity index (χ4n) is 1.65. The van der Waals surface area contributed by atoms with Gasteiger partial charge in [-0.25, -0.2) is 0 Å². The van der Waals surface area contributed by atoms with Crippen molar-refractivity contribution in [3.8, 4) is 0 Å². The molecule has 0 aliphatic rings. The number of rotatable bonds is 5. The molecule has 1 rings (SSSR count). The van der Waals surface area contributed by atoms with Crippen molar-refractivity contribution in [3.05, 3.63) is 23.8 Å². The quantitative estimate of drug-likeness (QED) is 0.766. The first kappa shape index (κ1) is 13.4. The lowest BCUT2D eigenvalue weighted by Crippen LogP contribution is -2.35. The van der Waals surface area contributed by atoms with Gasteiger partial charge in [0.15, 0.2) is 0 Å². The molecule has 0 atom stereocenters. The molecule has 0 fully saturated rings. The minimum atomic E-state index is 0.115. The highest BCUT2D eigenvalue weighted by Crippen LogP contribution is 2.16. The molecule has 3 N–H and O–H groups in total. The van der Waals surface area contributed by atoms with Crippen LogP contribution in [0.4, 0.5) is 11.4 Å². The van der Waals surface area contributed by atoms with Crippen LogP contribution in [0, 0.1) is 6.92 Å². The molecule has 0 saturated heterocycles. The fraction of sp³-hybridized carbons (Fsp3) is 0.462. The van der Waals surface area contributed by atoms with Crippen molar-refractivity contribution in [2.45, 2.75) is 20.8 Å². The number of nitrogens with one attached hydrogen (secondary N) is 1. The number of likely N-dealkylation sites (N-methyl/N-ethyl adjacent to an activating group) is 1. The summed E-state index contributed by atoms with van der Waals surface area (Å²) in [4.78, 5) is 13.6. The SMILES string of the molecule is CCN(CC)C(=O)CNc1ccc(N)c(C)c1. The first-order valence-corrected chi connectivity index (χ1v) is 5.96. The highest BCUT2D eigenvalue weighted by molar-refractivity contribution is 5.81. The summed E-state index contributed by atoms with van der Waals surface area (Å²) in [5, 5.41) is 3.11. The van der Waals surface area contributed by atoms with Crippen LogP contribution >= 0.6 is 0 Å². The number of nitrogens with two attached hydrogens (primary N) is 1. The van der Waals surface area contributed by atoms with Crippen LogP contribution in [0.3, 0.4) is 0 Å². The van der Waals surface area contributed by atoms with Crippen molar-refractivity contribution in [1.29, 1.82) is 0 Å². The van der Waals surface area contributed by atoms with Crippen molar-refractivity contribution in [1.82, 2.24) is 4.90 Å². The van der Waals surface area contributed by atoms with E-state index in [9.17, 15) is 4.79 Å². The van der Waals surface area contributed by atoms with Gasteiger partial charge in [0, 0.05) is 24.5 Å². The number of hydrogen-bond donors (Lipinski definition) is 2. The van der Waals surface area contributed by atoms with Gasteiger partial charge in [-0.15, -0.1) is 0 Å². The molecule has 0 unspecified atom stereocenters. The smallest absolute Gasteiger partial charge is 0.241 e. The van der Waals surface area contributed by atoms with Gasteiger partial charge in [0.25, 0.3) is 0 Å². The zero-order valence-corrected chi connectivity index (χ0v) is 10.8. The molecule has 0 aliphatic carbocycles. The maximum Gasteiger partial charge on any atom is 0.241 e. The van der Waals surface area contributed by atoms with Crippen molar-refractivity contribution in [3.63, 3.8) is 0 Å². The van der Waals surface area contributed by atoms with Crippen molar-refractivity contribution >= 4 is 17.3 Å². The Balaban J connectivity index is 2.55. The zero-order valence-electron chi connectivity index (χ0n) is 10.8. The largest absolute Gasteiger partial charge is 0.399 e. The Morgan fingerprint density at radius 2 is 2.00 bits per heavy atom. The first-order valence-electron chi connectivity index (χ1n) is 5.96. The van der Waals surface area contributed by atoms with E-state index in [0.29, 0.717) is 6.54 Å². The standard InChI is InChI=1S/C13H21N3O/c1-4-16(5-2)13(17)9-15-11-6-7-12(14)10(3)8-11/h6-8,15H,4-5,9,14H2,1-3H3. The molecule has 1 aromatic rings. The summed E-state index contributed by atoms with van der Waals surface area (Å²) in [6.45, 7) is 7.73. The molecule has 0 saturated carbocycles. The van der Waals surface area contributed by atoms with Crippen molar-refractivity contribution in [2.75, 3.05) is 30.7 Å². The second-order valence-electron chi connectivity index (χ2n) is 3.99. The first-order chi connectivity index (χ1) is 8.08. The van der Waals surface area contributed by atoms with E-state index >= 15 is 0 Å². The Bertz CT molecular complexity index is 386. The molecule has 17 heavy (non-hydrogen) atoms. The molecular formula is C13H21N3O. The van der Waals surface area contributed by atoms with Crippen LogP contribution in [0.1, 0.15) is 19.4 Å². The molecule has 0 heterocycles. The number of aryl methyl sites for hydroxylation is 1. The van der Waals surface area contributed by atoms with Crippen LogP contribution in [0.5, 0.6) is 0 Å². The number of nitrogen functional groups attached to an aromatic ring is 1. The lowest BCUT2D eigenvalue weighted by Gasteiger charge is -2.19. The molecular weight excluding hydrogens is 214 g/mol. The summed E-state index contributed by atoms with van der Waals surface area (Å²) in [6, 6.07) is 5.68. The van der Waals surface area contributed by atoms with Crippen LogP contribution < -0.4 is 11.1 Å². The maximum atomic E-state index is 11.8. The number of anilines is 2. The van der Waals surface area contributed by atoms with E-state index in [-0.39, 0.29) is 5.91 Å². The third-order valence-corrected chi connectivity index (χ3v) is 2.83. The van der Waals surface area contributed by atoms with Crippen LogP contribution in [0.25, 0.3) is 0 Å². The molecule has 1 amide bonds. The maximum absolute atomic E-state index is 11.8. The third-order valence-electron chi connectivity index (χ3n) is 2.83. The van der Waals surface area contributed by atoms with Gasteiger partial charge in [0.1, 0.15) is 0 Å². The van der Waals surface area contributed by atoms with E-state index in [1.165, 1.54) is 0 Å². The highest BCUT2D eigenvalue weighted by atomic mass is 16.2. The summed E-state index contributed by atoms with van der Waals surface area (Å²) in [7, 11) is 0. The highest BCUT2D eigenvalue weighted by Gasteiger charge is 2.08. The van der Waals surface area contributed by atoms with Gasteiger partial charge in [-0.05, 0) is 44.5 Å². The number of carbonyl (C=O) groups is 1. The van der Waals surface area contributed by atoms with Crippen LogP contribution in [-0.4, -0.2) is 30.4 Å². The topological polar surface area (TPSA) is 58.4 Å². The minimum absolute atomic E-state index is 0.115. The Hall–Kier alpha value is -1.71. The van der Waals surface area contributed by atoms with E-state index in [4.69, 9.17) is 5.73 Å². The average molecular weight is 235 g/mol. The van der Waals surface area contributed by atoms with Gasteiger partial charge in [0.2, 0.25) is 5.91 Å². The van der Waals surface area contributed by atoms with E-state index in [0.717, 1.165) is 30.0 Å². The molecule has 0 bridgehead atoms. The third kappa shape index (κ3) is 3.66. The number of nitrogens with zero attached hydrogens (tertiary/aromatic N) is 1. The van der Waals surface area contributed by atoms with Gasteiger partial charge < -0.3 is 16.0 Å². The van der Waals surface area contributed by atoms with Gasteiger partial charge in [-0.2, -0.15) is 0 Å². The van der Waals surface area contributed by atoms with Crippen molar-refractivity contribution < 1.29 is 4.79 Å². The monoisotopic (exact) mass is 235 g/mol. The van der Waals surface area contributed by atoms with Gasteiger partial charge in [-0.1, -0.05) is 0 Å². The fourth-order valence-corrected chi connectivity index (χ4v) is 1.65. The number of amides is 1. The number of benzene rings is 1. The predicted molar refractivity (Wildman–Crippen MR) is 72.0 cm³/mol. The molecule has 0 spiro atoms. The summed E-state index contributed by atoms with van der Waals surface area (Å²) >= 11 is 0. The van der Waals surface area contributed by atoms with Crippen LogP contribution in [0.2, 0.25) is 0 Å².